The molecule has 0 aliphatic rings. The number of methoxy groups -OCH3 is 1. The summed E-state index contributed by atoms with van der Waals surface area (Å²) in [6.45, 7) is 0.223. The van der Waals surface area contributed by atoms with Crippen LogP contribution in [0.4, 0.5) is 18.0 Å². The van der Waals surface area contributed by atoms with Crippen molar-refractivity contribution in [3.8, 4) is 5.75 Å². The van der Waals surface area contributed by atoms with Crippen molar-refractivity contribution in [1.29, 1.82) is 0 Å². The van der Waals surface area contributed by atoms with E-state index in [1.165, 1.54) is 30.1 Å². The van der Waals surface area contributed by atoms with Gasteiger partial charge in [0.2, 0.25) is 0 Å². The van der Waals surface area contributed by atoms with E-state index < -0.39 is 17.8 Å². The van der Waals surface area contributed by atoms with Crippen LogP contribution in [0.3, 0.4) is 0 Å². The van der Waals surface area contributed by atoms with Crippen LogP contribution in [0.5, 0.6) is 5.75 Å². The number of ether oxygens (including phenoxy) is 1. The third-order valence-electron chi connectivity index (χ3n) is 3.94. The summed E-state index contributed by atoms with van der Waals surface area (Å²) < 4.78 is 44.3. The van der Waals surface area contributed by atoms with E-state index in [1.807, 2.05) is 24.3 Å². The zero-order valence-corrected chi connectivity index (χ0v) is 14.6. The number of nitrogens with one attached hydrogen (secondary N) is 1. The van der Waals surface area contributed by atoms with E-state index in [4.69, 9.17) is 4.74 Å². The van der Waals surface area contributed by atoms with Crippen molar-refractivity contribution >= 4 is 6.03 Å². The first-order chi connectivity index (χ1) is 12.3. The highest BCUT2D eigenvalue weighted by Crippen LogP contribution is 2.32. The van der Waals surface area contributed by atoms with Crippen LogP contribution in [0, 0.1) is 0 Å². The second kappa shape index (κ2) is 8.60. The highest BCUT2D eigenvalue weighted by atomic mass is 19.4. The molecule has 0 aromatic heterocycles. The molecule has 2 rings (SSSR count). The van der Waals surface area contributed by atoms with Crippen molar-refractivity contribution < 1.29 is 22.7 Å². The third-order valence-corrected chi connectivity index (χ3v) is 3.94. The average molecular weight is 366 g/mol. The molecular formula is C19H21F3N2O2. The molecular weight excluding hydrogens is 345 g/mol. The van der Waals surface area contributed by atoms with E-state index in [9.17, 15) is 18.0 Å². The first-order valence-electron chi connectivity index (χ1n) is 8.09. The highest BCUT2D eigenvalue weighted by Gasteiger charge is 2.33. The number of halogens is 3. The zero-order valence-electron chi connectivity index (χ0n) is 14.6. The topological polar surface area (TPSA) is 41.6 Å². The van der Waals surface area contributed by atoms with E-state index in [1.54, 1.807) is 7.11 Å². The summed E-state index contributed by atoms with van der Waals surface area (Å²) >= 11 is 0. The Morgan fingerprint density at radius 2 is 1.69 bits per heavy atom. The fraction of sp³-hybridized carbons (Fsp3) is 0.316. The van der Waals surface area contributed by atoms with Crippen LogP contribution < -0.4 is 10.1 Å². The minimum absolute atomic E-state index is 0.0578. The molecule has 0 aliphatic heterocycles. The van der Waals surface area contributed by atoms with Gasteiger partial charge in [-0.15, -0.1) is 0 Å². The summed E-state index contributed by atoms with van der Waals surface area (Å²) in [4.78, 5) is 13.4. The SMILES string of the molecule is COc1ccccc1CCNC(=O)N(C)Cc1ccccc1C(F)(F)F. The van der Waals surface area contributed by atoms with Gasteiger partial charge in [-0.2, -0.15) is 13.2 Å². The van der Waals surface area contributed by atoms with Crippen LogP contribution >= 0.6 is 0 Å². The van der Waals surface area contributed by atoms with Crippen molar-refractivity contribution in [2.45, 2.75) is 19.1 Å². The number of amides is 2. The number of benzene rings is 2. The minimum Gasteiger partial charge on any atom is -0.496 e. The van der Waals surface area contributed by atoms with Gasteiger partial charge in [0.15, 0.2) is 0 Å². The second-order valence-corrected chi connectivity index (χ2v) is 5.80. The van der Waals surface area contributed by atoms with E-state index in [0.717, 1.165) is 17.4 Å². The van der Waals surface area contributed by atoms with E-state index in [2.05, 4.69) is 5.32 Å². The Morgan fingerprint density at radius 1 is 1.08 bits per heavy atom. The molecule has 0 heterocycles. The molecule has 7 heteroatoms. The van der Waals surface area contributed by atoms with Crippen LogP contribution in [0.25, 0.3) is 0 Å². The summed E-state index contributed by atoms with van der Waals surface area (Å²) in [5.41, 5.74) is 0.274. The lowest BCUT2D eigenvalue weighted by atomic mass is 10.1. The van der Waals surface area contributed by atoms with Gasteiger partial charge in [-0.05, 0) is 29.7 Å². The lowest BCUT2D eigenvalue weighted by molar-refractivity contribution is -0.138. The lowest BCUT2D eigenvalue weighted by Gasteiger charge is -2.20. The maximum atomic E-state index is 13.0. The van der Waals surface area contributed by atoms with Gasteiger partial charge in [0.25, 0.3) is 0 Å². The number of carbonyl (C=O) groups excluding carboxylic acids is 1. The van der Waals surface area contributed by atoms with Gasteiger partial charge in [0.1, 0.15) is 5.75 Å². The highest BCUT2D eigenvalue weighted by molar-refractivity contribution is 5.73. The summed E-state index contributed by atoms with van der Waals surface area (Å²) in [5, 5.41) is 2.71. The van der Waals surface area contributed by atoms with Crippen LogP contribution in [0.1, 0.15) is 16.7 Å². The average Bonchev–Trinajstić information content (AvgIpc) is 2.61. The Kier molecular flexibility index (Phi) is 6.49. The Bertz CT molecular complexity index is 748. The predicted molar refractivity (Wildman–Crippen MR) is 93.0 cm³/mol. The summed E-state index contributed by atoms with van der Waals surface area (Å²) in [7, 11) is 3.04. The molecule has 4 nitrogen and oxygen atoms in total. The Hall–Kier alpha value is -2.70. The molecule has 0 spiro atoms. The maximum Gasteiger partial charge on any atom is 0.416 e. The van der Waals surface area contributed by atoms with Gasteiger partial charge in [-0.25, -0.2) is 4.79 Å². The van der Waals surface area contributed by atoms with Gasteiger partial charge in [-0.3, -0.25) is 0 Å². The van der Waals surface area contributed by atoms with Gasteiger partial charge < -0.3 is 15.0 Å². The standard InChI is InChI=1S/C19H21F3N2O2/c1-24(13-15-8-3-5-9-16(15)19(20,21)22)18(25)23-12-11-14-7-4-6-10-17(14)26-2/h3-10H,11-13H2,1-2H3,(H,23,25). The van der Waals surface area contributed by atoms with Crippen LogP contribution in [0.15, 0.2) is 48.5 Å². The molecule has 2 amide bonds. The number of hydrogen-bond donors (Lipinski definition) is 1. The van der Waals surface area contributed by atoms with E-state index in [-0.39, 0.29) is 12.1 Å². The maximum absolute atomic E-state index is 13.0. The molecule has 0 aliphatic carbocycles. The quantitative estimate of drug-likeness (QED) is 0.836. The Morgan fingerprint density at radius 3 is 2.35 bits per heavy atom. The van der Waals surface area contributed by atoms with Crippen molar-refractivity contribution in [2.75, 3.05) is 20.7 Å². The smallest absolute Gasteiger partial charge is 0.416 e. The van der Waals surface area contributed by atoms with Crippen molar-refractivity contribution in [1.82, 2.24) is 10.2 Å². The van der Waals surface area contributed by atoms with Crippen molar-refractivity contribution in [3.63, 3.8) is 0 Å². The molecule has 0 saturated carbocycles. The van der Waals surface area contributed by atoms with Crippen LogP contribution in [0.2, 0.25) is 0 Å². The minimum atomic E-state index is -4.45. The van der Waals surface area contributed by atoms with Crippen LogP contribution in [-0.2, 0) is 19.1 Å². The van der Waals surface area contributed by atoms with Gasteiger partial charge in [-0.1, -0.05) is 36.4 Å². The molecule has 0 atom stereocenters. The fourth-order valence-electron chi connectivity index (χ4n) is 2.61. The third kappa shape index (κ3) is 5.15. The van der Waals surface area contributed by atoms with Crippen molar-refractivity contribution in [3.05, 3.63) is 65.2 Å². The molecule has 0 bridgehead atoms. The molecule has 2 aromatic carbocycles. The van der Waals surface area contributed by atoms with Gasteiger partial charge in [0, 0.05) is 20.1 Å². The Balaban J connectivity index is 1.92. The molecule has 0 radical (unpaired) electrons. The first-order valence-corrected chi connectivity index (χ1v) is 8.09. The summed E-state index contributed by atoms with van der Waals surface area (Å²) in [5.74, 6) is 0.731. The number of urea groups is 1. The van der Waals surface area contributed by atoms with Crippen molar-refractivity contribution in [2.24, 2.45) is 0 Å². The normalized spacial score (nSPS) is 11.1. The predicted octanol–water partition coefficient (Wildman–Crippen LogP) is 4.10. The zero-order chi connectivity index (χ0) is 19.2. The number of hydrogen-bond acceptors (Lipinski definition) is 2. The number of carbonyl (C=O) groups is 1. The largest absolute Gasteiger partial charge is 0.496 e. The summed E-state index contributed by atoms with van der Waals surface area (Å²) in [6, 6.07) is 12.3. The van der Waals surface area contributed by atoms with Crippen LogP contribution in [-0.4, -0.2) is 31.6 Å². The molecule has 1 N–H and O–H groups in total. The molecule has 2 aromatic rings. The molecule has 140 valence electrons. The first kappa shape index (κ1) is 19.6. The van der Waals surface area contributed by atoms with Gasteiger partial charge in [0.05, 0.1) is 12.7 Å². The molecule has 0 saturated heterocycles. The summed E-state index contributed by atoms with van der Waals surface area (Å²) in [6.07, 6.45) is -3.89. The molecule has 0 unspecified atom stereocenters. The number of para-hydroxylation sites is 1. The van der Waals surface area contributed by atoms with E-state index in [0.29, 0.717) is 13.0 Å². The Labute approximate surface area is 150 Å². The number of nitrogens with zero attached hydrogens (tertiary/aromatic N) is 1. The molecule has 0 fully saturated rings. The number of alkyl halides is 3. The second-order valence-electron chi connectivity index (χ2n) is 5.80. The monoisotopic (exact) mass is 366 g/mol. The lowest BCUT2D eigenvalue weighted by Crippen LogP contribution is -2.38. The number of rotatable bonds is 6. The van der Waals surface area contributed by atoms with Gasteiger partial charge >= 0.3 is 12.2 Å². The fourth-order valence-corrected chi connectivity index (χ4v) is 2.61. The molecule has 26 heavy (non-hydrogen) atoms. The van der Waals surface area contributed by atoms with E-state index >= 15 is 0 Å².